The van der Waals surface area contributed by atoms with E-state index in [2.05, 4.69) is 9.37 Å². The van der Waals surface area contributed by atoms with Gasteiger partial charge in [0.2, 0.25) is 0 Å². The van der Waals surface area contributed by atoms with Crippen LogP contribution >= 0.6 is 12.0 Å². The molecule has 0 heterocycles. The van der Waals surface area contributed by atoms with Gasteiger partial charge in [0.25, 0.3) is 0 Å². The number of hydrogen-bond donors (Lipinski definition) is 0. The molecule has 0 aromatic heterocycles. The molecule has 0 spiro atoms. The van der Waals surface area contributed by atoms with Gasteiger partial charge < -0.3 is 19.5 Å². The normalized spacial score (nSPS) is 39.6. The lowest BCUT2D eigenvalue weighted by Crippen LogP contribution is -2.66. The Morgan fingerprint density at radius 2 is 1.76 bits per heavy atom. The molecule has 4 aliphatic rings. The molecule has 0 N–H and O–H groups in total. The van der Waals surface area contributed by atoms with Crippen molar-refractivity contribution in [2.75, 3.05) is 20.8 Å². The van der Waals surface area contributed by atoms with E-state index in [1.54, 1.807) is 14.2 Å². The summed E-state index contributed by atoms with van der Waals surface area (Å²) in [6.45, 7) is -1.20. The number of carbonyl (C=O) groups is 1. The Balaban J connectivity index is 1.73. The molecule has 4 fully saturated rings. The first kappa shape index (κ1) is 19.2. The lowest BCUT2D eigenvalue weighted by atomic mass is 9.46. The minimum Gasteiger partial charge on any atom is -0.691 e. The Labute approximate surface area is 148 Å². The molecule has 0 aromatic rings. The van der Waals surface area contributed by atoms with Crippen molar-refractivity contribution in [1.82, 2.24) is 0 Å². The van der Waals surface area contributed by atoms with E-state index in [1.807, 2.05) is 0 Å². The zero-order valence-electron chi connectivity index (χ0n) is 14.0. The molecule has 0 saturated heterocycles. The van der Waals surface area contributed by atoms with Crippen molar-refractivity contribution in [2.45, 2.75) is 55.0 Å². The highest BCUT2D eigenvalue weighted by atomic mass is 32.2. The van der Waals surface area contributed by atoms with Crippen LogP contribution in [0.1, 0.15) is 38.5 Å². The van der Waals surface area contributed by atoms with E-state index in [-0.39, 0.29) is 5.92 Å². The van der Waals surface area contributed by atoms with E-state index in [0.717, 1.165) is 12.8 Å². The molecule has 10 heteroatoms. The summed E-state index contributed by atoms with van der Waals surface area (Å²) < 4.78 is 47.1. The van der Waals surface area contributed by atoms with Gasteiger partial charge in [0.15, 0.2) is 6.61 Å². The van der Waals surface area contributed by atoms with Crippen LogP contribution in [-0.4, -0.2) is 43.3 Å². The summed E-state index contributed by atoms with van der Waals surface area (Å²) in [5, 5.41) is 8.99. The van der Waals surface area contributed by atoms with Crippen LogP contribution in [0.5, 0.6) is 0 Å². The van der Waals surface area contributed by atoms with Crippen LogP contribution < -0.4 is 5.26 Å². The van der Waals surface area contributed by atoms with Gasteiger partial charge in [-0.25, -0.2) is 0 Å². The largest absolute Gasteiger partial charge is 0.691 e. The number of esters is 1. The molecule has 4 rings (SSSR count). The maximum absolute atomic E-state index is 13.5. The third-order valence-electron chi connectivity index (χ3n) is 5.82. The van der Waals surface area contributed by atoms with Crippen molar-refractivity contribution in [2.24, 2.45) is 11.3 Å². The molecule has 4 bridgehead atoms. The lowest BCUT2D eigenvalue weighted by molar-refractivity contribution is -0.777. The Morgan fingerprint density at radius 3 is 2.28 bits per heavy atom. The lowest BCUT2D eigenvalue weighted by Gasteiger charge is -2.64. The predicted molar refractivity (Wildman–Crippen MR) is 78.8 cm³/mol. The Hall–Kier alpha value is -0.520. The molecule has 0 aliphatic heterocycles. The Morgan fingerprint density at radius 1 is 1.16 bits per heavy atom. The van der Waals surface area contributed by atoms with E-state index < -0.39 is 46.5 Å². The highest BCUT2D eigenvalue weighted by Gasteiger charge is 2.67. The molecule has 144 valence electrons. The summed E-state index contributed by atoms with van der Waals surface area (Å²) >= 11 is -0.489. The predicted octanol–water partition coefficient (Wildman–Crippen LogP) is 1.75. The van der Waals surface area contributed by atoms with E-state index in [9.17, 15) is 18.8 Å². The first-order chi connectivity index (χ1) is 11.7. The van der Waals surface area contributed by atoms with Crippen LogP contribution in [0.25, 0.3) is 0 Å². The van der Waals surface area contributed by atoms with Crippen LogP contribution in [0.2, 0.25) is 0 Å². The summed E-state index contributed by atoms with van der Waals surface area (Å²) in [5.74, 6) is -0.446. The Kier molecular flexibility index (Phi) is 5.06. The maximum Gasteiger partial charge on any atom is 0.354 e. The van der Waals surface area contributed by atoms with Crippen LogP contribution in [0.15, 0.2) is 0 Å². The van der Waals surface area contributed by atoms with Gasteiger partial charge in [-0.3, -0.25) is 9.83 Å². The minimum absolute atomic E-state index is 0.232. The first-order valence-corrected chi connectivity index (χ1v) is 8.76. The monoisotopic (exact) mass is 383 g/mol. The molecule has 25 heavy (non-hydrogen) atoms. The second kappa shape index (κ2) is 6.58. The van der Waals surface area contributed by atoms with Gasteiger partial charge in [0.05, 0.1) is 16.6 Å². The molecule has 2 unspecified atom stereocenters. The number of halogens is 2. The van der Waals surface area contributed by atoms with Crippen LogP contribution in [0.4, 0.5) is 8.78 Å². The summed E-state index contributed by atoms with van der Waals surface area (Å²) in [7, 11) is 3.22. The van der Waals surface area contributed by atoms with Gasteiger partial charge in [0, 0.05) is 20.6 Å². The fourth-order valence-electron chi connectivity index (χ4n) is 5.34. The van der Waals surface area contributed by atoms with Crippen LogP contribution in [0, 0.1) is 11.3 Å². The second-order valence-corrected chi connectivity index (χ2v) is 8.40. The minimum atomic E-state index is -3.58. The fraction of sp³-hybridized carbons (Fsp3) is 0.933. The summed E-state index contributed by atoms with van der Waals surface area (Å²) in [6, 6.07) is 0. The van der Waals surface area contributed by atoms with Crippen molar-refractivity contribution < 1.29 is 42.4 Å². The van der Waals surface area contributed by atoms with Gasteiger partial charge in [-0.2, -0.15) is 13.1 Å². The van der Waals surface area contributed by atoms with Crippen LogP contribution in [-0.2, 0) is 28.4 Å². The Bertz CT molecular complexity index is 512. The standard InChI is InChI=1S/C15H22F2O7S/c1-20-13-4-10-3-12(6-13,7-14(5-10,8-13)21-2)11(18)22-9-15(16,17)25-24-23-19/h10,19H,3-9H2,1-2H3/p-1. The summed E-state index contributed by atoms with van der Waals surface area (Å²) in [4.78, 5) is 12.7. The maximum atomic E-state index is 13.5. The first-order valence-electron chi connectivity index (χ1n) is 8.01. The molecule has 0 aromatic carbocycles. The molecular weight excluding hydrogens is 362 g/mol. The second-order valence-electron chi connectivity index (χ2n) is 7.50. The fourth-order valence-corrected chi connectivity index (χ4v) is 5.57. The molecule has 0 amide bonds. The topological polar surface area (TPSA) is 86.3 Å². The zero-order valence-corrected chi connectivity index (χ0v) is 14.9. The van der Waals surface area contributed by atoms with E-state index >= 15 is 0 Å². The number of rotatable bonds is 8. The van der Waals surface area contributed by atoms with Crippen molar-refractivity contribution in [1.29, 1.82) is 0 Å². The van der Waals surface area contributed by atoms with E-state index in [0.29, 0.717) is 25.7 Å². The van der Waals surface area contributed by atoms with Crippen molar-refractivity contribution in [3.63, 3.8) is 0 Å². The number of hydrogen-bond acceptors (Lipinski definition) is 8. The highest BCUT2D eigenvalue weighted by Crippen LogP contribution is 2.65. The number of methoxy groups -OCH3 is 2. The molecule has 7 nitrogen and oxygen atoms in total. The molecule has 0 radical (unpaired) electrons. The number of carbonyl (C=O) groups excluding carboxylic acids is 1. The third kappa shape index (κ3) is 3.52. The van der Waals surface area contributed by atoms with Gasteiger partial charge in [-0.05, 0) is 38.0 Å². The average Bonchev–Trinajstić information content (AvgIpc) is 2.57. The SMILES string of the molecule is COC12CC3CC(OC)(C1)CC(C(=O)OCC(F)(F)SOO[O-])(C3)C2. The highest BCUT2D eigenvalue weighted by molar-refractivity contribution is 7.95. The molecule has 4 saturated carbocycles. The van der Waals surface area contributed by atoms with Crippen LogP contribution in [0.3, 0.4) is 0 Å². The number of ether oxygens (including phenoxy) is 3. The van der Waals surface area contributed by atoms with E-state index in [4.69, 9.17) is 14.2 Å². The molecular formula is C15H21F2O7S-. The van der Waals surface area contributed by atoms with Crippen molar-refractivity contribution in [3.8, 4) is 0 Å². The van der Waals surface area contributed by atoms with Crippen molar-refractivity contribution >= 4 is 18.0 Å². The quantitative estimate of drug-likeness (QED) is 0.271. The summed E-state index contributed by atoms with van der Waals surface area (Å²) in [6.07, 6.45) is 3.83. The smallest absolute Gasteiger partial charge is 0.354 e. The van der Waals surface area contributed by atoms with Crippen molar-refractivity contribution in [3.05, 3.63) is 0 Å². The zero-order chi connectivity index (χ0) is 18.3. The molecule has 4 aliphatic carbocycles. The van der Waals surface area contributed by atoms with Gasteiger partial charge in [0.1, 0.15) is 12.0 Å². The van der Waals surface area contributed by atoms with Gasteiger partial charge in [-0.1, -0.05) is 0 Å². The van der Waals surface area contributed by atoms with Gasteiger partial charge >= 0.3 is 11.2 Å². The third-order valence-corrected chi connectivity index (χ3v) is 6.31. The average molecular weight is 383 g/mol. The van der Waals surface area contributed by atoms with E-state index in [1.165, 1.54) is 0 Å². The number of alkyl halides is 2. The summed E-state index contributed by atoms with van der Waals surface area (Å²) in [5.41, 5.74) is -1.85. The van der Waals surface area contributed by atoms with Gasteiger partial charge in [-0.15, -0.1) is 0 Å². The molecule has 2 atom stereocenters.